The summed E-state index contributed by atoms with van der Waals surface area (Å²) in [4.78, 5) is 8.32. The van der Waals surface area contributed by atoms with Gasteiger partial charge in [-0.2, -0.15) is 4.98 Å². The van der Waals surface area contributed by atoms with Crippen molar-refractivity contribution in [2.45, 2.75) is 17.9 Å². The fraction of sp³-hybridized carbons (Fsp3) is 0.118. The number of aryl methyl sites for hydroxylation is 1. The molecule has 0 unspecified atom stereocenters. The number of halogens is 1. The maximum atomic E-state index is 6.07. The number of thioether (sulfide) groups is 1. The molecular weight excluding hydrogens is 374 g/mol. The summed E-state index contributed by atoms with van der Waals surface area (Å²) in [6, 6.07) is 9.23. The van der Waals surface area contributed by atoms with Crippen molar-refractivity contribution in [3.63, 3.8) is 0 Å². The molecule has 26 heavy (non-hydrogen) atoms. The third kappa shape index (κ3) is 3.76. The first-order valence-electron chi connectivity index (χ1n) is 7.64. The van der Waals surface area contributed by atoms with Gasteiger partial charge in [-0.3, -0.25) is 4.98 Å². The predicted molar refractivity (Wildman–Crippen MR) is 96.6 cm³/mol. The molecule has 4 aromatic rings. The van der Waals surface area contributed by atoms with Gasteiger partial charge in [0.25, 0.3) is 5.22 Å². The standard InChI is InChI=1S/C17H12ClN5O2S/c1-10-6-12(8-13(18)7-10)16-21-22-17(24-16)26-9-14-20-15(23-25-14)11-2-4-19-5-3-11/h2-8H,9H2,1H3. The molecule has 130 valence electrons. The van der Waals surface area contributed by atoms with E-state index >= 15 is 0 Å². The Labute approximate surface area is 157 Å². The molecule has 7 nitrogen and oxygen atoms in total. The molecule has 0 aliphatic rings. The van der Waals surface area contributed by atoms with Gasteiger partial charge in [-0.1, -0.05) is 28.5 Å². The molecule has 0 N–H and O–H groups in total. The summed E-state index contributed by atoms with van der Waals surface area (Å²) in [5.74, 6) is 1.83. The van der Waals surface area contributed by atoms with E-state index in [4.69, 9.17) is 20.5 Å². The minimum Gasteiger partial charge on any atom is -0.411 e. The van der Waals surface area contributed by atoms with E-state index in [0.29, 0.717) is 33.6 Å². The average Bonchev–Trinajstić information content (AvgIpc) is 3.29. The van der Waals surface area contributed by atoms with E-state index in [0.717, 1.165) is 16.7 Å². The summed E-state index contributed by atoms with van der Waals surface area (Å²) in [6.07, 6.45) is 3.36. The Hall–Kier alpha value is -2.71. The van der Waals surface area contributed by atoms with Crippen molar-refractivity contribution >= 4 is 23.4 Å². The summed E-state index contributed by atoms with van der Waals surface area (Å²) in [7, 11) is 0. The van der Waals surface area contributed by atoms with Crippen LogP contribution >= 0.6 is 23.4 Å². The van der Waals surface area contributed by atoms with Crippen LogP contribution in [0.4, 0.5) is 0 Å². The molecule has 0 amide bonds. The quantitative estimate of drug-likeness (QED) is 0.466. The van der Waals surface area contributed by atoms with Crippen molar-refractivity contribution in [3.8, 4) is 22.8 Å². The molecule has 0 bridgehead atoms. The minimum atomic E-state index is 0.418. The van der Waals surface area contributed by atoms with Crippen molar-refractivity contribution in [2.24, 2.45) is 0 Å². The first kappa shape index (κ1) is 16.7. The zero-order valence-corrected chi connectivity index (χ0v) is 15.2. The van der Waals surface area contributed by atoms with Gasteiger partial charge in [-0.25, -0.2) is 0 Å². The van der Waals surface area contributed by atoms with E-state index in [2.05, 4.69) is 25.3 Å². The van der Waals surface area contributed by atoms with Gasteiger partial charge in [0.15, 0.2) is 0 Å². The van der Waals surface area contributed by atoms with Gasteiger partial charge >= 0.3 is 0 Å². The Balaban J connectivity index is 1.44. The lowest BCUT2D eigenvalue weighted by atomic mass is 10.1. The van der Waals surface area contributed by atoms with Crippen LogP contribution in [-0.4, -0.2) is 25.3 Å². The van der Waals surface area contributed by atoms with Gasteiger partial charge in [0, 0.05) is 28.5 Å². The fourth-order valence-corrected chi connectivity index (χ4v) is 3.19. The van der Waals surface area contributed by atoms with Crippen LogP contribution in [0.2, 0.25) is 5.02 Å². The van der Waals surface area contributed by atoms with Crippen LogP contribution in [0.25, 0.3) is 22.8 Å². The number of hydrogen-bond acceptors (Lipinski definition) is 8. The first-order chi connectivity index (χ1) is 12.7. The van der Waals surface area contributed by atoms with Gasteiger partial charge in [-0.15, -0.1) is 10.2 Å². The Morgan fingerprint density at radius 2 is 1.92 bits per heavy atom. The second kappa shape index (κ2) is 7.27. The Kier molecular flexibility index (Phi) is 4.68. The molecule has 3 aromatic heterocycles. The normalized spacial score (nSPS) is 11.0. The van der Waals surface area contributed by atoms with Crippen LogP contribution in [0.5, 0.6) is 0 Å². The lowest BCUT2D eigenvalue weighted by Gasteiger charge is -1.98. The van der Waals surface area contributed by atoms with Crippen LogP contribution < -0.4 is 0 Å². The monoisotopic (exact) mass is 385 g/mol. The highest BCUT2D eigenvalue weighted by molar-refractivity contribution is 7.98. The molecule has 0 spiro atoms. The van der Waals surface area contributed by atoms with Crippen LogP contribution in [0.1, 0.15) is 11.5 Å². The molecule has 0 fully saturated rings. The molecule has 0 aliphatic heterocycles. The summed E-state index contributed by atoms with van der Waals surface area (Å²) < 4.78 is 10.9. The van der Waals surface area contributed by atoms with Gasteiger partial charge in [0.2, 0.25) is 17.6 Å². The molecule has 0 saturated carbocycles. The summed E-state index contributed by atoms with van der Waals surface area (Å²) in [5, 5.41) is 13.1. The molecule has 0 atom stereocenters. The van der Waals surface area contributed by atoms with Gasteiger partial charge < -0.3 is 8.94 Å². The van der Waals surface area contributed by atoms with Crippen molar-refractivity contribution in [3.05, 3.63) is 59.2 Å². The largest absolute Gasteiger partial charge is 0.411 e. The molecular formula is C17H12ClN5O2S. The Morgan fingerprint density at radius 3 is 2.73 bits per heavy atom. The molecule has 0 saturated heterocycles. The van der Waals surface area contributed by atoms with Crippen LogP contribution in [0.3, 0.4) is 0 Å². The van der Waals surface area contributed by atoms with Crippen molar-refractivity contribution in [2.75, 3.05) is 0 Å². The van der Waals surface area contributed by atoms with E-state index < -0.39 is 0 Å². The van der Waals surface area contributed by atoms with Crippen molar-refractivity contribution in [1.29, 1.82) is 0 Å². The number of benzene rings is 1. The predicted octanol–water partition coefficient (Wildman–Crippen LogP) is 4.44. The van der Waals surface area contributed by atoms with Crippen molar-refractivity contribution < 1.29 is 8.94 Å². The average molecular weight is 386 g/mol. The SMILES string of the molecule is Cc1cc(Cl)cc(-c2nnc(SCc3nc(-c4ccncc4)no3)o2)c1. The van der Waals surface area contributed by atoms with Crippen LogP contribution in [0, 0.1) is 6.92 Å². The maximum absolute atomic E-state index is 6.07. The van der Waals surface area contributed by atoms with Gasteiger partial charge in [0.05, 0.1) is 5.75 Å². The van der Waals surface area contributed by atoms with E-state index in [1.807, 2.05) is 31.2 Å². The third-order valence-electron chi connectivity index (χ3n) is 3.42. The maximum Gasteiger partial charge on any atom is 0.277 e. The van der Waals surface area contributed by atoms with E-state index in [9.17, 15) is 0 Å². The molecule has 3 heterocycles. The molecule has 0 aliphatic carbocycles. The highest BCUT2D eigenvalue weighted by Gasteiger charge is 2.13. The number of rotatable bonds is 5. The second-order valence-corrected chi connectivity index (χ2v) is 6.79. The van der Waals surface area contributed by atoms with Crippen LogP contribution in [0.15, 0.2) is 56.9 Å². The van der Waals surface area contributed by atoms with Gasteiger partial charge in [0.1, 0.15) is 0 Å². The molecule has 9 heteroatoms. The molecule has 4 rings (SSSR count). The zero-order valence-electron chi connectivity index (χ0n) is 13.6. The van der Waals surface area contributed by atoms with E-state index in [-0.39, 0.29) is 0 Å². The zero-order chi connectivity index (χ0) is 17.9. The number of aromatic nitrogens is 5. The Morgan fingerprint density at radius 1 is 1.08 bits per heavy atom. The highest BCUT2D eigenvalue weighted by Crippen LogP contribution is 2.28. The summed E-state index contributed by atoms with van der Waals surface area (Å²) in [6.45, 7) is 1.96. The molecule has 0 radical (unpaired) electrons. The number of nitrogens with zero attached hydrogens (tertiary/aromatic N) is 5. The van der Waals surface area contributed by atoms with Crippen LogP contribution in [-0.2, 0) is 5.75 Å². The fourth-order valence-electron chi connectivity index (χ4n) is 2.30. The first-order valence-corrected chi connectivity index (χ1v) is 9.00. The van der Waals surface area contributed by atoms with Crippen molar-refractivity contribution in [1.82, 2.24) is 25.3 Å². The van der Waals surface area contributed by atoms with E-state index in [1.165, 1.54) is 11.8 Å². The topological polar surface area (TPSA) is 90.7 Å². The third-order valence-corrected chi connectivity index (χ3v) is 4.44. The highest BCUT2D eigenvalue weighted by atomic mass is 35.5. The lowest BCUT2D eigenvalue weighted by Crippen LogP contribution is -1.83. The van der Waals surface area contributed by atoms with Gasteiger partial charge in [-0.05, 0) is 42.8 Å². The summed E-state index contributed by atoms with van der Waals surface area (Å²) in [5.41, 5.74) is 2.65. The summed E-state index contributed by atoms with van der Waals surface area (Å²) >= 11 is 7.40. The second-order valence-electron chi connectivity index (χ2n) is 5.43. The smallest absolute Gasteiger partial charge is 0.277 e. The number of pyridine rings is 1. The number of hydrogen-bond donors (Lipinski definition) is 0. The lowest BCUT2D eigenvalue weighted by molar-refractivity contribution is 0.391. The Bertz CT molecular complexity index is 1010. The minimum absolute atomic E-state index is 0.418. The van der Waals surface area contributed by atoms with E-state index in [1.54, 1.807) is 18.5 Å². The molecule has 1 aromatic carbocycles.